The van der Waals surface area contributed by atoms with Crippen LogP contribution in [0.2, 0.25) is 0 Å². The van der Waals surface area contributed by atoms with E-state index < -0.39 is 36.6 Å². The van der Waals surface area contributed by atoms with Crippen LogP contribution in [0.15, 0.2) is 24.3 Å². The van der Waals surface area contributed by atoms with E-state index in [1.165, 1.54) is 28.9 Å². The number of nitrogens with zero attached hydrogens (tertiary/aromatic N) is 2. The molecule has 1 aliphatic rings. The van der Waals surface area contributed by atoms with Crippen molar-refractivity contribution in [2.75, 3.05) is 0 Å². The Morgan fingerprint density at radius 3 is 2.54 bits per heavy atom. The van der Waals surface area contributed by atoms with Crippen LogP contribution in [0.25, 0.3) is 5.69 Å². The van der Waals surface area contributed by atoms with Gasteiger partial charge in [-0.3, -0.25) is 4.79 Å². The number of hydrogen-bond acceptors (Lipinski definition) is 3. The normalized spacial score (nSPS) is 14.3. The van der Waals surface area contributed by atoms with Gasteiger partial charge in [0.1, 0.15) is 11.9 Å². The van der Waals surface area contributed by atoms with Crippen molar-refractivity contribution in [2.45, 2.75) is 38.2 Å². The minimum Gasteiger partial charge on any atom is -0.480 e. The van der Waals surface area contributed by atoms with E-state index in [2.05, 4.69) is 10.4 Å². The highest BCUT2D eigenvalue weighted by Crippen LogP contribution is 2.28. The van der Waals surface area contributed by atoms with Crippen molar-refractivity contribution in [3.63, 3.8) is 0 Å². The van der Waals surface area contributed by atoms with E-state index >= 15 is 0 Å². The molecule has 0 saturated heterocycles. The predicted molar refractivity (Wildman–Crippen MR) is 85.1 cm³/mol. The number of fused-ring (bicyclic) bond motifs is 1. The predicted octanol–water partition coefficient (Wildman–Crippen LogP) is 2.34. The van der Waals surface area contributed by atoms with Crippen molar-refractivity contribution in [3.05, 3.63) is 47.0 Å². The first-order valence-electron chi connectivity index (χ1n) is 8.05. The molecule has 1 unspecified atom stereocenters. The first kappa shape index (κ1) is 18.0. The number of carboxylic acids is 1. The summed E-state index contributed by atoms with van der Waals surface area (Å²) in [7, 11) is 0. The molecule has 2 N–H and O–H groups in total. The van der Waals surface area contributed by atoms with Gasteiger partial charge in [0.05, 0.1) is 5.69 Å². The fourth-order valence-corrected chi connectivity index (χ4v) is 3.04. The summed E-state index contributed by atoms with van der Waals surface area (Å²) in [4.78, 5) is 23.5. The highest BCUT2D eigenvalue weighted by atomic mass is 19.3. The zero-order valence-corrected chi connectivity index (χ0v) is 13.6. The first-order chi connectivity index (χ1) is 12.4. The van der Waals surface area contributed by atoms with E-state index in [0.717, 1.165) is 12.1 Å². The molecule has 138 valence electrons. The maximum Gasteiger partial charge on any atom is 0.326 e. The molecule has 2 aromatic rings. The smallest absolute Gasteiger partial charge is 0.326 e. The fraction of sp³-hybridized carbons (Fsp3) is 0.353. The Balaban J connectivity index is 1.91. The molecule has 0 fully saturated rings. The number of carbonyl (C=O) groups is 2. The van der Waals surface area contributed by atoms with Crippen molar-refractivity contribution in [3.8, 4) is 5.69 Å². The topological polar surface area (TPSA) is 84.2 Å². The summed E-state index contributed by atoms with van der Waals surface area (Å²) >= 11 is 0. The zero-order chi connectivity index (χ0) is 18.8. The summed E-state index contributed by atoms with van der Waals surface area (Å²) in [6, 6.07) is 3.86. The number of benzene rings is 1. The summed E-state index contributed by atoms with van der Waals surface area (Å²) < 4.78 is 39.7. The molecule has 1 atom stereocenters. The third-order valence-corrected chi connectivity index (χ3v) is 4.23. The average Bonchev–Trinajstić information content (AvgIpc) is 3.16. The van der Waals surface area contributed by atoms with Crippen LogP contribution < -0.4 is 5.32 Å². The maximum atomic E-state index is 13.1. The van der Waals surface area contributed by atoms with Crippen LogP contribution in [0.4, 0.5) is 13.2 Å². The number of halogens is 3. The summed E-state index contributed by atoms with van der Waals surface area (Å²) in [5.74, 6) is -2.75. The number of carbonyl (C=O) groups excluding carboxylic acids is 1. The van der Waals surface area contributed by atoms with Crippen molar-refractivity contribution >= 4 is 11.9 Å². The number of hydrogen-bond donors (Lipinski definition) is 2. The molecular weight excluding hydrogens is 351 g/mol. The van der Waals surface area contributed by atoms with Crippen LogP contribution in [-0.4, -0.2) is 39.2 Å². The van der Waals surface area contributed by atoms with Gasteiger partial charge in [0.25, 0.3) is 5.91 Å². The second-order valence-corrected chi connectivity index (χ2v) is 6.01. The van der Waals surface area contributed by atoms with Crippen LogP contribution >= 0.6 is 0 Å². The first-order valence-corrected chi connectivity index (χ1v) is 8.05. The van der Waals surface area contributed by atoms with E-state index in [1.807, 2.05) is 0 Å². The highest BCUT2D eigenvalue weighted by molar-refractivity contribution is 5.96. The van der Waals surface area contributed by atoms with E-state index in [9.17, 15) is 22.8 Å². The van der Waals surface area contributed by atoms with Crippen LogP contribution in [0.5, 0.6) is 0 Å². The maximum absolute atomic E-state index is 13.1. The number of amides is 1. The summed E-state index contributed by atoms with van der Waals surface area (Å²) in [6.45, 7) is 0. The van der Waals surface area contributed by atoms with Crippen LogP contribution in [0.3, 0.4) is 0 Å². The van der Waals surface area contributed by atoms with Crippen molar-refractivity contribution < 1.29 is 27.9 Å². The number of alkyl halides is 2. The second kappa shape index (κ2) is 7.19. The SMILES string of the molecule is O=C(NC(CC(F)F)C(=O)O)c1nn(-c2ccc(F)cc2)c2c1CCC2. The lowest BCUT2D eigenvalue weighted by Gasteiger charge is -2.13. The Morgan fingerprint density at radius 2 is 1.92 bits per heavy atom. The van der Waals surface area contributed by atoms with E-state index in [1.54, 1.807) is 0 Å². The molecule has 6 nitrogen and oxygen atoms in total. The van der Waals surface area contributed by atoms with Gasteiger partial charge in [-0.15, -0.1) is 0 Å². The van der Waals surface area contributed by atoms with Crippen molar-refractivity contribution in [1.29, 1.82) is 0 Å². The number of carboxylic acid groups (broad SMARTS) is 1. The Bertz CT molecular complexity index is 834. The van der Waals surface area contributed by atoms with Crippen molar-refractivity contribution in [2.24, 2.45) is 0 Å². The molecule has 1 amide bonds. The Labute approximate surface area is 146 Å². The summed E-state index contributed by atoms with van der Waals surface area (Å²) in [6.07, 6.45) is -1.83. The molecule has 0 spiro atoms. The lowest BCUT2D eigenvalue weighted by atomic mass is 10.1. The van der Waals surface area contributed by atoms with Gasteiger partial charge in [0.2, 0.25) is 6.43 Å². The molecule has 3 rings (SSSR count). The molecule has 1 aromatic heterocycles. The third-order valence-electron chi connectivity index (χ3n) is 4.23. The summed E-state index contributed by atoms with van der Waals surface area (Å²) in [5, 5.41) is 15.3. The number of rotatable bonds is 6. The van der Waals surface area contributed by atoms with E-state index in [4.69, 9.17) is 5.11 Å². The largest absolute Gasteiger partial charge is 0.480 e. The van der Waals surface area contributed by atoms with E-state index in [-0.39, 0.29) is 5.69 Å². The van der Waals surface area contributed by atoms with Crippen LogP contribution in [-0.2, 0) is 17.6 Å². The van der Waals surface area contributed by atoms with Gasteiger partial charge in [0, 0.05) is 17.7 Å². The highest BCUT2D eigenvalue weighted by Gasteiger charge is 2.30. The minimum absolute atomic E-state index is 0.0161. The molecule has 0 radical (unpaired) electrons. The third kappa shape index (κ3) is 3.56. The average molecular weight is 367 g/mol. The molecule has 1 heterocycles. The second-order valence-electron chi connectivity index (χ2n) is 6.01. The number of aliphatic carboxylic acids is 1. The number of aromatic nitrogens is 2. The quantitative estimate of drug-likeness (QED) is 0.821. The zero-order valence-electron chi connectivity index (χ0n) is 13.6. The number of nitrogens with one attached hydrogen (secondary N) is 1. The molecule has 9 heteroatoms. The van der Waals surface area contributed by atoms with E-state index in [0.29, 0.717) is 24.1 Å². The van der Waals surface area contributed by atoms with Crippen LogP contribution in [0.1, 0.15) is 34.6 Å². The Morgan fingerprint density at radius 1 is 1.23 bits per heavy atom. The molecule has 0 saturated carbocycles. The van der Waals surface area contributed by atoms with Gasteiger partial charge in [-0.1, -0.05) is 0 Å². The van der Waals surface area contributed by atoms with Gasteiger partial charge >= 0.3 is 5.97 Å². The minimum atomic E-state index is -2.86. The van der Waals surface area contributed by atoms with Gasteiger partial charge < -0.3 is 10.4 Å². The standard InChI is InChI=1S/C17H16F3N3O3/c18-9-4-6-10(7-5-9)23-13-3-1-2-11(13)15(22-23)16(24)21-12(17(25)26)8-14(19)20/h4-7,12,14H,1-3,8H2,(H,21,24)(H,25,26). The summed E-state index contributed by atoms with van der Waals surface area (Å²) in [5.41, 5.74) is 2.02. The lowest BCUT2D eigenvalue weighted by molar-refractivity contribution is -0.140. The molecule has 0 bridgehead atoms. The molecule has 1 aliphatic carbocycles. The van der Waals surface area contributed by atoms with Crippen LogP contribution in [0, 0.1) is 5.82 Å². The molecular formula is C17H16F3N3O3. The van der Waals surface area contributed by atoms with Gasteiger partial charge in [-0.2, -0.15) is 5.10 Å². The molecule has 1 aromatic carbocycles. The molecule has 0 aliphatic heterocycles. The van der Waals surface area contributed by atoms with Crippen molar-refractivity contribution in [1.82, 2.24) is 15.1 Å². The monoisotopic (exact) mass is 367 g/mol. The molecule has 26 heavy (non-hydrogen) atoms. The van der Waals surface area contributed by atoms with Gasteiger partial charge in [-0.25, -0.2) is 22.6 Å². The van der Waals surface area contributed by atoms with Gasteiger partial charge in [0.15, 0.2) is 5.69 Å². The Kier molecular flexibility index (Phi) is 4.97. The fourth-order valence-electron chi connectivity index (χ4n) is 3.04. The van der Waals surface area contributed by atoms with Gasteiger partial charge in [-0.05, 0) is 43.5 Å². The Hall–Kier alpha value is -2.84. The lowest BCUT2D eigenvalue weighted by Crippen LogP contribution is -2.42.